The van der Waals surface area contributed by atoms with E-state index in [9.17, 15) is 0 Å². The van der Waals surface area contributed by atoms with Gasteiger partial charge in [-0.05, 0) is 18.7 Å². The molecule has 2 rings (SSSR count). The molecule has 80 valence electrons. The zero-order valence-corrected chi connectivity index (χ0v) is 9.69. The number of aryl methyl sites for hydroxylation is 2. The van der Waals surface area contributed by atoms with Gasteiger partial charge < -0.3 is 0 Å². The molecule has 0 aliphatic heterocycles. The van der Waals surface area contributed by atoms with Crippen molar-refractivity contribution in [3.63, 3.8) is 0 Å². The predicted molar refractivity (Wildman–Crippen MR) is 58.8 cm³/mol. The Kier molecular flexibility index (Phi) is 2.88. The van der Waals surface area contributed by atoms with Crippen molar-refractivity contribution in [2.75, 3.05) is 0 Å². The minimum absolute atomic E-state index is 0.596. The lowest BCUT2D eigenvalue weighted by Gasteiger charge is -2.00. The van der Waals surface area contributed by atoms with E-state index in [0.29, 0.717) is 5.56 Å². The molecule has 0 atom stereocenters. The van der Waals surface area contributed by atoms with Gasteiger partial charge in [-0.3, -0.25) is 9.67 Å². The van der Waals surface area contributed by atoms with Crippen LogP contribution in [0.2, 0.25) is 0 Å². The third kappa shape index (κ3) is 1.90. The fraction of sp³-hybridized carbons (Fsp3) is 0.200. The van der Waals surface area contributed by atoms with Gasteiger partial charge in [-0.15, -0.1) is 0 Å². The second-order valence-electron chi connectivity index (χ2n) is 3.15. The van der Waals surface area contributed by atoms with Gasteiger partial charge in [0, 0.05) is 19.4 Å². The van der Waals surface area contributed by atoms with Crippen LogP contribution in [0.5, 0.6) is 0 Å². The molecular weight excluding hydrogens is 222 g/mol. The first-order chi connectivity index (χ1) is 7.72. The molecule has 0 fully saturated rings. The Hall–Kier alpha value is -1.87. The van der Waals surface area contributed by atoms with Gasteiger partial charge in [0.1, 0.15) is 21.7 Å². The van der Waals surface area contributed by atoms with Gasteiger partial charge >= 0.3 is 0 Å². The van der Waals surface area contributed by atoms with Crippen LogP contribution in [-0.4, -0.2) is 19.7 Å². The number of rotatable bonds is 2. The topological polar surface area (TPSA) is 67.4 Å². The van der Waals surface area contributed by atoms with E-state index in [1.54, 1.807) is 23.3 Å². The van der Waals surface area contributed by atoms with Gasteiger partial charge in [0.15, 0.2) is 0 Å². The molecule has 2 heterocycles. The maximum atomic E-state index is 9.04. The zero-order valence-electron chi connectivity index (χ0n) is 8.88. The summed E-state index contributed by atoms with van der Waals surface area (Å²) in [7, 11) is 1.81. The second kappa shape index (κ2) is 4.33. The van der Waals surface area contributed by atoms with E-state index in [1.165, 1.54) is 11.8 Å². The Bertz CT molecular complexity index is 540. The number of nitriles is 1. The van der Waals surface area contributed by atoms with Gasteiger partial charge in [-0.1, -0.05) is 0 Å². The van der Waals surface area contributed by atoms with E-state index in [2.05, 4.69) is 21.1 Å². The minimum Gasteiger partial charge on any atom is -0.260 e. The summed E-state index contributed by atoms with van der Waals surface area (Å²) in [5.41, 5.74) is 1.33. The number of aromatic nitrogens is 4. The average molecular weight is 231 g/mol. The normalized spacial score (nSPS) is 10.1. The maximum Gasteiger partial charge on any atom is 0.121 e. The van der Waals surface area contributed by atoms with Crippen LogP contribution in [0.1, 0.15) is 11.3 Å². The van der Waals surface area contributed by atoms with Crippen LogP contribution in [0.3, 0.4) is 0 Å². The molecule has 0 radical (unpaired) electrons. The van der Waals surface area contributed by atoms with E-state index >= 15 is 0 Å². The second-order valence-corrected chi connectivity index (χ2v) is 4.16. The molecule has 0 unspecified atom stereocenters. The highest BCUT2D eigenvalue weighted by Gasteiger charge is 2.14. The molecule has 0 bridgehead atoms. The molecular formula is C10H9N5S. The van der Waals surface area contributed by atoms with Crippen molar-refractivity contribution in [1.29, 1.82) is 5.26 Å². The van der Waals surface area contributed by atoms with Gasteiger partial charge in [-0.2, -0.15) is 10.4 Å². The molecule has 0 saturated heterocycles. The summed E-state index contributed by atoms with van der Waals surface area (Å²) in [5, 5.41) is 14.8. The van der Waals surface area contributed by atoms with Crippen molar-refractivity contribution in [2.24, 2.45) is 7.05 Å². The standard InChI is InChI=1S/C10H9N5S/c1-7-8(5-11)10(15(2)14-7)16-9-6-12-3-4-13-9/h3-4,6H,1-2H3. The summed E-state index contributed by atoms with van der Waals surface area (Å²) < 4.78 is 1.69. The fourth-order valence-electron chi connectivity index (χ4n) is 1.32. The molecule has 0 saturated carbocycles. The molecule has 0 amide bonds. The number of hydrogen-bond acceptors (Lipinski definition) is 5. The van der Waals surface area contributed by atoms with Crippen LogP contribution < -0.4 is 0 Å². The highest BCUT2D eigenvalue weighted by atomic mass is 32.2. The van der Waals surface area contributed by atoms with E-state index in [1.807, 2.05) is 14.0 Å². The average Bonchev–Trinajstić information content (AvgIpc) is 2.55. The lowest BCUT2D eigenvalue weighted by atomic mass is 10.3. The monoisotopic (exact) mass is 231 g/mol. The number of hydrogen-bond donors (Lipinski definition) is 0. The Balaban J connectivity index is 2.39. The molecule has 0 aromatic carbocycles. The van der Waals surface area contributed by atoms with Crippen molar-refractivity contribution in [3.05, 3.63) is 29.8 Å². The van der Waals surface area contributed by atoms with Gasteiger partial charge in [0.2, 0.25) is 0 Å². The van der Waals surface area contributed by atoms with Crippen molar-refractivity contribution < 1.29 is 0 Å². The van der Waals surface area contributed by atoms with Gasteiger partial charge in [-0.25, -0.2) is 4.98 Å². The predicted octanol–water partition coefficient (Wildman–Crippen LogP) is 1.54. The molecule has 5 nitrogen and oxygen atoms in total. The summed E-state index contributed by atoms with van der Waals surface area (Å²) in [5.74, 6) is 0. The first-order valence-corrected chi connectivity index (χ1v) is 5.41. The maximum absolute atomic E-state index is 9.04. The lowest BCUT2D eigenvalue weighted by molar-refractivity contribution is 0.691. The lowest BCUT2D eigenvalue weighted by Crippen LogP contribution is -1.93. The summed E-state index contributed by atoms with van der Waals surface area (Å²) in [6.07, 6.45) is 4.90. The Labute approximate surface area is 97.1 Å². The highest BCUT2D eigenvalue weighted by Crippen LogP contribution is 2.29. The number of nitrogens with zero attached hydrogens (tertiary/aromatic N) is 5. The van der Waals surface area contributed by atoms with Crippen molar-refractivity contribution in [1.82, 2.24) is 19.7 Å². The first kappa shape index (κ1) is 10.6. The molecule has 0 spiro atoms. The largest absolute Gasteiger partial charge is 0.260 e. The summed E-state index contributed by atoms with van der Waals surface area (Å²) in [6.45, 7) is 1.82. The van der Waals surface area contributed by atoms with Crippen LogP contribution in [0, 0.1) is 18.3 Å². The molecule has 6 heteroatoms. The van der Waals surface area contributed by atoms with E-state index < -0.39 is 0 Å². The Morgan fingerprint density at radius 3 is 2.88 bits per heavy atom. The smallest absolute Gasteiger partial charge is 0.121 e. The van der Waals surface area contributed by atoms with Crippen LogP contribution in [-0.2, 0) is 7.05 Å². The van der Waals surface area contributed by atoms with Crippen molar-refractivity contribution in [3.8, 4) is 6.07 Å². The van der Waals surface area contributed by atoms with Crippen molar-refractivity contribution in [2.45, 2.75) is 17.0 Å². The molecule has 16 heavy (non-hydrogen) atoms. The zero-order chi connectivity index (χ0) is 11.5. The van der Waals surface area contributed by atoms with E-state index in [-0.39, 0.29) is 0 Å². The Morgan fingerprint density at radius 1 is 1.44 bits per heavy atom. The summed E-state index contributed by atoms with van der Waals surface area (Å²) in [6, 6.07) is 2.15. The van der Waals surface area contributed by atoms with Gasteiger partial charge in [0.25, 0.3) is 0 Å². The van der Waals surface area contributed by atoms with Gasteiger partial charge in [0.05, 0.1) is 11.9 Å². The van der Waals surface area contributed by atoms with Crippen LogP contribution in [0.15, 0.2) is 28.6 Å². The Morgan fingerprint density at radius 2 is 2.25 bits per heavy atom. The third-order valence-electron chi connectivity index (χ3n) is 2.02. The quantitative estimate of drug-likeness (QED) is 0.784. The van der Waals surface area contributed by atoms with Crippen LogP contribution in [0.25, 0.3) is 0 Å². The highest BCUT2D eigenvalue weighted by molar-refractivity contribution is 7.99. The molecule has 2 aromatic heterocycles. The fourth-order valence-corrected chi connectivity index (χ4v) is 2.21. The minimum atomic E-state index is 0.596. The van der Waals surface area contributed by atoms with E-state index in [0.717, 1.165) is 15.7 Å². The summed E-state index contributed by atoms with van der Waals surface area (Å²) in [4.78, 5) is 8.13. The van der Waals surface area contributed by atoms with E-state index in [4.69, 9.17) is 5.26 Å². The third-order valence-corrected chi connectivity index (χ3v) is 3.10. The van der Waals surface area contributed by atoms with Crippen molar-refractivity contribution >= 4 is 11.8 Å². The molecule has 2 aromatic rings. The molecule has 0 aliphatic rings. The van der Waals surface area contributed by atoms with Crippen LogP contribution in [0.4, 0.5) is 0 Å². The molecule has 0 N–H and O–H groups in total. The summed E-state index contributed by atoms with van der Waals surface area (Å²) >= 11 is 1.39. The first-order valence-electron chi connectivity index (χ1n) is 4.60. The SMILES string of the molecule is Cc1nn(C)c(Sc2cnccn2)c1C#N. The molecule has 0 aliphatic carbocycles. The van der Waals surface area contributed by atoms with Crippen LogP contribution >= 0.6 is 11.8 Å².